The van der Waals surface area contributed by atoms with E-state index >= 15 is 0 Å². The lowest BCUT2D eigenvalue weighted by Gasteiger charge is -2.28. The minimum atomic E-state index is -0.241. The Morgan fingerprint density at radius 2 is 1.59 bits per heavy atom. The van der Waals surface area contributed by atoms with E-state index in [1.807, 2.05) is 79.7 Å². The van der Waals surface area contributed by atoms with Gasteiger partial charge in [0.05, 0.1) is 12.3 Å². The minimum Gasteiger partial charge on any atom is -0.271 e. The number of hydrazone groups is 1. The zero-order valence-corrected chi connectivity index (χ0v) is 17.8. The lowest BCUT2D eigenvalue weighted by Crippen LogP contribution is -2.29. The third-order valence-electron chi connectivity index (χ3n) is 5.02. The molecule has 1 saturated heterocycles. The van der Waals surface area contributed by atoms with Crippen LogP contribution in [-0.4, -0.2) is 28.1 Å². The summed E-state index contributed by atoms with van der Waals surface area (Å²) in [6.07, 6.45) is -0.241. The Morgan fingerprint density at radius 1 is 0.966 bits per heavy atom. The van der Waals surface area contributed by atoms with Crippen LogP contribution in [0.5, 0.6) is 0 Å². The second-order valence-corrected chi connectivity index (χ2v) is 8.02. The molecule has 146 valence electrons. The summed E-state index contributed by atoms with van der Waals surface area (Å²) in [4.78, 5) is 15.1. The van der Waals surface area contributed by atoms with Crippen LogP contribution < -0.4 is 0 Å². The van der Waals surface area contributed by atoms with Gasteiger partial charge in [-0.15, -0.1) is 0 Å². The van der Waals surface area contributed by atoms with Crippen LogP contribution in [0.3, 0.4) is 0 Å². The van der Waals surface area contributed by atoms with E-state index < -0.39 is 0 Å². The molecule has 0 bridgehead atoms. The summed E-state index contributed by atoms with van der Waals surface area (Å²) >= 11 is 3.50. The Hall–Kier alpha value is -2.76. The van der Waals surface area contributed by atoms with Gasteiger partial charge in [0.2, 0.25) is 0 Å². The van der Waals surface area contributed by atoms with Gasteiger partial charge in [0, 0.05) is 11.0 Å². The second-order valence-electron chi connectivity index (χ2n) is 7.11. The van der Waals surface area contributed by atoms with Crippen molar-refractivity contribution in [2.24, 2.45) is 5.10 Å². The third-order valence-corrected chi connectivity index (χ3v) is 5.55. The summed E-state index contributed by atoms with van der Waals surface area (Å²) in [5, 5.41) is 6.38. The molecule has 0 aliphatic carbocycles. The molecule has 1 aliphatic rings. The Balaban J connectivity index is 1.70. The van der Waals surface area contributed by atoms with Crippen molar-refractivity contribution in [1.82, 2.24) is 9.91 Å². The summed E-state index contributed by atoms with van der Waals surface area (Å²) < 4.78 is 1.01. The molecule has 1 atom stereocenters. The average molecular weight is 448 g/mol. The Morgan fingerprint density at radius 3 is 2.24 bits per heavy atom. The first-order valence-corrected chi connectivity index (χ1v) is 10.4. The van der Waals surface area contributed by atoms with Crippen molar-refractivity contribution in [3.63, 3.8) is 0 Å². The zero-order valence-electron chi connectivity index (χ0n) is 16.2. The number of carbonyl (C=O) groups excluding carboxylic acids is 1. The van der Waals surface area contributed by atoms with Gasteiger partial charge in [0.25, 0.3) is 5.91 Å². The molecule has 0 saturated carbocycles. The van der Waals surface area contributed by atoms with Crippen molar-refractivity contribution in [1.29, 1.82) is 0 Å². The van der Waals surface area contributed by atoms with E-state index in [9.17, 15) is 4.79 Å². The van der Waals surface area contributed by atoms with Crippen molar-refractivity contribution in [2.75, 3.05) is 6.54 Å². The minimum absolute atomic E-state index is 0.00382. The summed E-state index contributed by atoms with van der Waals surface area (Å²) in [5.41, 5.74) is 4.05. The summed E-state index contributed by atoms with van der Waals surface area (Å²) in [7, 11) is 0. The van der Waals surface area contributed by atoms with Crippen LogP contribution in [0.15, 0.2) is 94.5 Å². The Labute approximate surface area is 179 Å². The molecule has 0 spiro atoms. The van der Waals surface area contributed by atoms with Gasteiger partial charge in [-0.25, -0.2) is 5.01 Å². The number of rotatable bonds is 5. The average Bonchev–Trinajstić information content (AvgIpc) is 3.04. The monoisotopic (exact) mass is 447 g/mol. The number of amides is 1. The molecule has 1 heterocycles. The quantitative estimate of drug-likeness (QED) is 0.502. The highest BCUT2D eigenvalue weighted by Gasteiger charge is 2.39. The first-order chi connectivity index (χ1) is 14.1. The van der Waals surface area contributed by atoms with E-state index in [0.717, 1.165) is 21.3 Å². The predicted octanol–water partition coefficient (Wildman–Crippen LogP) is 5.22. The number of hydrogen-bond donors (Lipinski definition) is 0. The molecule has 1 amide bonds. The van der Waals surface area contributed by atoms with Crippen molar-refractivity contribution in [3.05, 3.63) is 106 Å². The Bertz CT molecular complexity index is 1000. The van der Waals surface area contributed by atoms with Crippen LogP contribution in [-0.2, 0) is 11.3 Å². The van der Waals surface area contributed by atoms with Gasteiger partial charge in [-0.2, -0.15) is 5.10 Å². The highest BCUT2D eigenvalue weighted by molar-refractivity contribution is 9.10. The fourth-order valence-corrected chi connectivity index (χ4v) is 3.84. The molecule has 5 heteroatoms. The van der Waals surface area contributed by atoms with Crippen LogP contribution in [0.2, 0.25) is 0 Å². The van der Waals surface area contributed by atoms with Crippen molar-refractivity contribution < 1.29 is 4.79 Å². The van der Waals surface area contributed by atoms with Gasteiger partial charge in [0.15, 0.2) is 0 Å². The highest BCUT2D eigenvalue weighted by atomic mass is 79.9. The molecular weight excluding hydrogens is 426 g/mol. The molecule has 0 aromatic heterocycles. The topological polar surface area (TPSA) is 35.9 Å². The van der Waals surface area contributed by atoms with Crippen LogP contribution >= 0.6 is 15.9 Å². The van der Waals surface area contributed by atoms with Crippen LogP contribution in [0.4, 0.5) is 0 Å². The number of halogens is 1. The highest BCUT2D eigenvalue weighted by Crippen LogP contribution is 2.33. The maximum atomic E-state index is 13.0. The van der Waals surface area contributed by atoms with Crippen molar-refractivity contribution in [3.8, 4) is 0 Å². The van der Waals surface area contributed by atoms with Gasteiger partial charge in [-0.3, -0.25) is 9.69 Å². The van der Waals surface area contributed by atoms with Gasteiger partial charge >= 0.3 is 0 Å². The normalized spacial score (nSPS) is 17.7. The summed E-state index contributed by atoms with van der Waals surface area (Å²) in [6.45, 7) is 2.96. The molecule has 0 radical (unpaired) electrons. The maximum absolute atomic E-state index is 13.0. The molecule has 29 heavy (non-hydrogen) atoms. The largest absolute Gasteiger partial charge is 0.271 e. The van der Waals surface area contributed by atoms with Gasteiger partial charge in [-0.1, -0.05) is 88.7 Å². The number of benzene rings is 3. The summed E-state index contributed by atoms with van der Waals surface area (Å²) in [5.74, 6) is 0.00382. The molecule has 4 rings (SSSR count). The van der Waals surface area contributed by atoms with E-state index in [-0.39, 0.29) is 12.1 Å². The molecule has 0 N–H and O–H groups in total. The zero-order chi connectivity index (χ0) is 20.2. The summed E-state index contributed by atoms with van der Waals surface area (Å²) in [6, 6.07) is 28.3. The number of nitrogens with zero attached hydrogens (tertiary/aromatic N) is 3. The SMILES string of the molecule is C/C(=N/N1C(=O)CN(Cc2ccccc2)[C@H]1c1ccc(Br)cc1)c1ccccc1. The van der Waals surface area contributed by atoms with Crippen molar-refractivity contribution in [2.45, 2.75) is 19.6 Å². The third kappa shape index (κ3) is 4.47. The first-order valence-electron chi connectivity index (χ1n) is 9.58. The molecule has 3 aromatic rings. The molecule has 1 aliphatic heterocycles. The first kappa shape index (κ1) is 19.6. The van der Waals surface area contributed by atoms with Crippen LogP contribution in [0, 0.1) is 0 Å². The molecule has 4 nitrogen and oxygen atoms in total. The number of hydrogen-bond acceptors (Lipinski definition) is 3. The molecular formula is C24H22BrN3O. The van der Waals surface area contributed by atoms with Gasteiger partial charge in [0.1, 0.15) is 6.17 Å². The smallest absolute Gasteiger partial charge is 0.258 e. The fourth-order valence-electron chi connectivity index (χ4n) is 3.58. The van der Waals surface area contributed by atoms with E-state index in [0.29, 0.717) is 13.1 Å². The van der Waals surface area contributed by atoms with E-state index in [1.165, 1.54) is 5.56 Å². The molecule has 1 fully saturated rings. The molecule has 0 unspecified atom stereocenters. The second kappa shape index (κ2) is 8.72. The van der Waals surface area contributed by atoms with E-state index in [4.69, 9.17) is 5.10 Å². The van der Waals surface area contributed by atoms with Gasteiger partial charge in [-0.05, 0) is 35.7 Å². The predicted molar refractivity (Wildman–Crippen MR) is 119 cm³/mol. The van der Waals surface area contributed by atoms with Crippen LogP contribution in [0.25, 0.3) is 0 Å². The number of carbonyl (C=O) groups is 1. The van der Waals surface area contributed by atoms with Gasteiger partial charge < -0.3 is 0 Å². The molecule has 3 aromatic carbocycles. The lowest BCUT2D eigenvalue weighted by atomic mass is 10.1. The van der Waals surface area contributed by atoms with E-state index in [2.05, 4.69) is 33.0 Å². The van der Waals surface area contributed by atoms with Crippen LogP contribution in [0.1, 0.15) is 29.8 Å². The fraction of sp³-hybridized carbons (Fsp3) is 0.167. The van der Waals surface area contributed by atoms with E-state index in [1.54, 1.807) is 5.01 Å². The van der Waals surface area contributed by atoms with Crippen molar-refractivity contribution >= 4 is 27.5 Å². The maximum Gasteiger partial charge on any atom is 0.258 e. The lowest BCUT2D eigenvalue weighted by molar-refractivity contribution is -0.128. The Kier molecular flexibility index (Phi) is 5.88. The standard InChI is InChI=1S/C24H22BrN3O/c1-18(20-10-6-3-7-11-20)26-28-23(29)17-27(16-19-8-4-2-5-9-19)24(28)21-12-14-22(25)15-13-21/h2-15,24H,16-17H2,1H3/b26-18-/t24-/m1/s1.